The van der Waals surface area contributed by atoms with Gasteiger partial charge in [-0.25, -0.2) is 0 Å². The molecular weight excluding hydrogens is 441 g/mol. The van der Waals surface area contributed by atoms with Gasteiger partial charge in [-0.3, -0.25) is 4.79 Å². The fourth-order valence-electron chi connectivity index (χ4n) is 2.38. The van der Waals surface area contributed by atoms with Gasteiger partial charge in [0.05, 0.1) is 13.7 Å². The maximum absolute atomic E-state index is 12.9. The average Bonchev–Trinajstić information content (AvgIpc) is 3.20. The third-order valence-electron chi connectivity index (χ3n) is 4.07. The maximum atomic E-state index is 12.9. The number of carbonyl (C=O) groups is 1. The van der Waals surface area contributed by atoms with E-state index >= 15 is 0 Å². The number of hydrogen-bond donors (Lipinski definition) is 1. The molecule has 1 N–H and O–H groups in total. The Morgan fingerprint density at radius 1 is 1.23 bits per heavy atom. The SMILES string of the molecule is COc1cc(CNC(=O)c2cc(-c3ccc(Cl)cc3)c(O[C@@H](C)C(F)(F)F)nn2)on1. The first-order valence-corrected chi connectivity index (χ1v) is 9.20. The minimum atomic E-state index is -4.60. The van der Waals surface area contributed by atoms with E-state index in [1.165, 1.54) is 19.2 Å². The smallest absolute Gasteiger partial charge is 0.425 e. The lowest BCUT2D eigenvalue weighted by molar-refractivity contribution is -0.189. The van der Waals surface area contributed by atoms with Gasteiger partial charge >= 0.3 is 6.18 Å². The zero-order valence-corrected chi connectivity index (χ0v) is 17.0. The molecule has 31 heavy (non-hydrogen) atoms. The average molecular weight is 457 g/mol. The van der Waals surface area contributed by atoms with Crippen molar-refractivity contribution in [3.05, 3.63) is 52.9 Å². The second kappa shape index (κ2) is 9.21. The number of rotatable bonds is 7. The topological polar surface area (TPSA) is 99.4 Å². The van der Waals surface area contributed by atoms with Crippen LogP contribution in [0.4, 0.5) is 13.2 Å². The van der Waals surface area contributed by atoms with Crippen LogP contribution in [-0.4, -0.2) is 40.7 Å². The molecular formula is C19H16ClF3N4O4. The first-order valence-electron chi connectivity index (χ1n) is 8.82. The second-order valence-electron chi connectivity index (χ2n) is 6.28. The van der Waals surface area contributed by atoms with E-state index in [1.54, 1.807) is 24.3 Å². The summed E-state index contributed by atoms with van der Waals surface area (Å²) >= 11 is 5.88. The van der Waals surface area contributed by atoms with Crippen LogP contribution in [-0.2, 0) is 6.54 Å². The third kappa shape index (κ3) is 5.63. The molecule has 1 amide bonds. The molecule has 8 nitrogen and oxygen atoms in total. The molecule has 0 saturated heterocycles. The zero-order valence-electron chi connectivity index (χ0n) is 16.2. The highest BCUT2D eigenvalue weighted by atomic mass is 35.5. The number of halogens is 4. The van der Waals surface area contributed by atoms with Crippen LogP contribution in [0.5, 0.6) is 11.8 Å². The second-order valence-corrected chi connectivity index (χ2v) is 6.71. The van der Waals surface area contributed by atoms with E-state index in [9.17, 15) is 18.0 Å². The molecule has 0 unspecified atom stereocenters. The molecule has 0 aliphatic heterocycles. The van der Waals surface area contributed by atoms with Crippen LogP contribution in [0.25, 0.3) is 11.1 Å². The number of nitrogens with one attached hydrogen (secondary N) is 1. The molecule has 1 aromatic carbocycles. The predicted octanol–water partition coefficient (Wildman–Crippen LogP) is 4.05. The molecule has 0 bridgehead atoms. The molecule has 164 valence electrons. The van der Waals surface area contributed by atoms with Crippen LogP contribution >= 0.6 is 11.6 Å². The summed E-state index contributed by atoms with van der Waals surface area (Å²) in [5, 5.41) is 14.0. The highest BCUT2D eigenvalue weighted by molar-refractivity contribution is 6.30. The van der Waals surface area contributed by atoms with Gasteiger partial charge in [0.1, 0.15) is 0 Å². The number of hydrogen-bond acceptors (Lipinski definition) is 7. The molecule has 2 aromatic heterocycles. The fourth-order valence-corrected chi connectivity index (χ4v) is 2.51. The van der Waals surface area contributed by atoms with Gasteiger partial charge in [0.2, 0.25) is 5.88 Å². The highest BCUT2D eigenvalue weighted by Gasteiger charge is 2.39. The van der Waals surface area contributed by atoms with Crippen LogP contribution in [0.3, 0.4) is 0 Å². The van der Waals surface area contributed by atoms with Crippen molar-refractivity contribution in [2.24, 2.45) is 0 Å². The van der Waals surface area contributed by atoms with Gasteiger partial charge in [-0.15, -0.1) is 10.2 Å². The Kier molecular flexibility index (Phi) is 6.64. The van der Waals surface area contributed by atoms with Gasteiger partial charge in [0, 0.05) is 16.7 Å². The Hall–Kier alpha value is -3.34. The van der Waals surface area contributed by atoms with E-state index in [-0.39, 0.29) is 29.6 Å². The maximum Gasteiger partial charge on any atom is 0.425 e. The molecule has 1 atom stereocenters. The van der Waals surface area contributed by atoms with Gasteiger partial charge in [0.15, 0.2) is 17.6 Å². The quantitative estimate of drug-likeness (QED) is 0.572. The summed E-state index contributed by atoms with van der Waals surface area (Å²) in [6, 6.07) is 8.99. The summed E-state index contributed by atoms with van der Waals surface area (Å²) in [4.78, 5) is 12.5. The lowest BCUT2D eigenvalue weighted by Gasteiger charge is -2.18. The van der Waals surface area contributed by atoms with E-state index in [2.05, 4.69) is 20.7 Å². The lowest BCUT2D eigenvalue weighted by atomic mass is 10.1. The fraction of sp³-hybridized carbons (Fsp3) is 0.263. The Morgan fingerprint density at radius 3 is 2.55 bits per heavy atom. The van der Waals surface area contributed by atoms with Crippen molar-refractivity contribution in [3.8, 4) is 22.9 Å². The van der Waals surface area contributed by atoms with Crippen LogP contribution in [0.2, 0.25) is 5.02 Å². The molecule has 3 rings (SSSR count). The third-order valence-corrected chi connectivity index (χ3v) is 4.32. The molecule has 0 radical (unpaired) electrons. The van der Waals surface area contributed by atoms with E-state index in [4.69, 9.17) is 25.6 Å². The summed E-state index contributed by atoms with van der Waals surface area (Å²) in [5.41, 5.74) is 0.454. The number of benzene rings is 1. The Labute approximate surface area is 179 Å². The zero-order chi connectivity index (χ0) is 22.6. The predicted molar refractivity (Wildman–Crippen MR) is 103 cm³/mol. The first-order chi connectivity index (χ1) is 14.7. The molecule has 3 aromatic rings. The monoisotopic (exact) mass is 456 g/mol. The Morgan fingerprint density at radius 2 is 1.94 bits per heavy atom. The minimum absolute atomic E-state index is 0.0174. The lowest BCUT2D eigenvalue weighted by Crippen LogP contribution is -2.32. The van der Waals surface area contributed by atoms with E-state index in [0.717, 1.165) is 6.92 Å². The summed E-state index contributed by atoms with van der Waals surface area (Å²) < 4.78 is 53.7. The normalized spacial score (nSPS) is 12.3. The summed E-state index contributed by atoms with van der Waals surface area (Å²) in [6.07, 6.45) is -6.73. The number of alkyl halides is 3. The van der Waals surface area contributed by atoms with E-state index in [0.29, 0.717) is 16.3 Å². The van der Waals surface area contributed by atoms with Gasteiger partial charge in [-0.1, -0.05) is 23.7 Å². The van der Waals surface area contributed by atoms with Crippen molar-refractivity contribution in [2.75, 3.05) is 7.11 Å². The number of amides is 1. The van der Waals surface area contributed by atoms with Crippen molar-refractivity contribution in [3.63, 3.8) is 0 Å². The molecule has 0 aliphatic rings. The standard InChI is InChI=1S/C19H16ClF3N4O4/c1-10(19(21,22)23)30-18-14(11-3-5-12(20)6-4-11)8-15(25-26-18)17(28)24-9-13-7-16(29-2)27-31-13/h3-8,10H,9H2,1-2H3,(H,24,28)/t10-/m0/s1. The number of methoxy groups -OCH3 is 1. The summed E-state index contributed by atoms with van der Waals surface area (Å²) in [7, 11) is 1.41. The number of aromatic nitrogens is 3. The summed E-state index contributed by atoms with van der Waals surface area (Å²) in [5.74, 6) is -0.429. The molecule has 0 saturated carbocycles. The number of ether oxygens (including phenoxy) is 2. The largest absolute Gasteiger partial charge is 0.479 e. The number of carbonyl (C=O) groups excluding carboxylic acids is 1. The van der Waals surface area contributed by atoms with Crippen molar-refractivity contribution in [1.82, 2.24) is 20.7 Å². The first kappa shape index (κ1) is 22.3. The molecule has 12 heteroatoms. The van der Waals surface area contributed by atoms with Crippen LogP contribution in [0.15, 0.2) is 40.9 Å². The molecule has 0 spiro atoms. The van der Waals surface area contributed by atoms with Crippen molar-refractivity contribution in [1.29, 1.82) is 0 Å². The van der Waals surface area contributed by atoms with Crippen molar-refractivity contribution < 1.29 is 32.0 Å². The van der Waals surface area contributed by atoms with Crippen LogP contribution in [0.1, 0.15) is 23.2 Å². The highest BCUT2D eigenvalue weighted by Crippen LogP contribution is 2.32. The van der Waals surface area contributed by atoms with E-state index in [1.807, 2.05) is 0 Å². The Balaban J connectivity index is 1.86. The number of nitrogens with zero attached hydrogens (tertiary/aromatic N) is 3. The van der Waals surface area contributed by atoms with Gasteiger partial charge in [-0.2, -0.15) is 13.2 Å². The molecule has 0 fully saturated rings. The molecule has 0 aliphatic carbocycles. The van der Waals surface area contributed by atoms with Crippen molar-refractivity contribution >= 4 is 17.5 Å². The van der Waals surface area contributed by atoms with Crippen LogP contribution < -0.4 is 14.8 Å². The van der Waals surface area contributed by atoms with E-state index < -0.39 is 18.2 Å². The summed E-state index contributed by atoms with van der Waals surface area (Å²) in [6.45, 7) is 0.829. The van der Waals surface area contributed by atoms with Crippen LogP contribution in [0, 0.1) is 0 Å². The van der Waals surface area contributed by atoms with Gasteiger partial charge < -0.3 is 19.3 Å². The van der Waals surface area contributed by atoms with Crippen molar-refractivity contribution in [2.45, 2.75) is 25.7 Å². The van der Waals surface area contributed by atoms with Gasteiger partial charge in [0.25, 0.3) is 11.8 Å². The Bertz CT molecular complexity index is 1060. The molecule has 2 heterocycles. The minimum Gasteiger partial charge on any atom is -0.479 e. The van der Waals surface area contributed by atoms with Gasteiger partial charge in [-0.05, 0) is 35.8 Å².